The lowest BCUT2D eigenvalue weighted by Gasteiger charge is -2.24. The van der Waals surface area contributed by atoms with Crippen LogP contribution in [0.2, 0.25) is 0 Å². The summed E-state index contributed by atoms with van der Waals surface area (Å²) in [6.07, 6.45) is 21.0. The third-order valence-corrected chi connectivity index (χ3v) is 8.20. The van der Waals surface area contributed by atoms with E-state index in [0.29, 0.717) is 30.8 Å². The third kappa shape index (κ3) is 25.4. The summed E-state index contributed by atoms with van der Waals surface area (Å²) in [5, 5.41) is 0. The number of benzene rings is 1. The standard InChI is InChI=1S/C33H62NO6P/c1-5-6-7-8-9-10-11-12-13-14-15-16-17-18-19-23-27-37-30-33(38-29-32-24-21-20-22-25-32)31-40-41(35,36)39-28-26-34(2,3)4/h20-22,24-25,33H,5-19,23,26-31H2,1-4H3/p+1/t33-/m1/s1. The maximum Gasteiger partial charge on any atom is 0.472 e. The molecule has 1 aromatic rings. The molecule has 0 heterocycles. The minimum atomic E-state index is -4.15. The maximum absolute atomic E-state index is 12.3. The second-order valence-electron chi connectivity index (χ2n) is 12.4. The van der Waals surface area contributed by atoms with Gasteiger partial charge in [-0.15, -0.1) is 0 Å². The second-order valence-corrected chi connectivity index (χ2v) is 13.9. The lowest BCUT2D eigenvalue weighted by molar-refractivity contribution is -0.870. The average Bonchev–Trinajstić information content (AvgIpc) is 2.93. The number of ether oxygens (including phenoxy) is 2. The van der Waals surface area contributed by atoms with Crippen molar-refractivity contribution < 1.29 is 32.5 Å². The Morgan fingerprint density at radius 1 is 0.707 bits per heavy atom. The number of rotatable bonds is 29. The number of nitrogens with zero attached hydrogens (tertiary/aromatic N) is 1. The summed E-state index contributed by atoms with van der Waals surface area (Å²) in [6.45, 7) is 4.30. The number of phosphoric ester groups is 1. The van der Waals surface area contributed by atoms with E-state index in [1.54, 1.807) is 0 Å². The van der Waals surface area contributed by atoms with Crippen molar-refractivity contribution in [3.05, 3.63) is 35.9 Å². The molecule has 0 bridgehead atoms. The largest absolute Gasteiger partial charge is 0.472 e. The van der Waals surface area contributed by atoms with E-state index in [4.69, 9.17) is 18.5 Å². The maximum atomic E-state index is 12.3. The van der Waals surface area contributed by atoms with Crippen LogP contribution in [-0.2, 0) is 29.7 Å². The summed E-state index contributed by atoms with van der Waals surface area (Å²) in [5.41, 5.74) is 1.03. The minimum absolute atomic E-state index is 0.0655. The van der Waals surface area contributed by atoms with Crippen molar-refractivity contribution >= 4 is 7.82 Å². The summed E-state index contributed by atoms with van der Waals surface area (Å²) < 4.78 is 35.2. The van der Waals surface area contributed by atoms with Crippen molar-refractivity contribution in [1.82, 2.24) is 0 Å². The van der Waals surface area contributed by atoms with Crippen LogP contribution in [0.15, 0.2) is 30.3 Å². The molecule has 0 radical (unpaired) electrons. The fourth-order valence-electron chi connectivity index (χ4n) is 4.54. The fourth-order valence-corrected chi connectivity index (χ4v) is 5.29. The van der Waals surface area contributed by atoms with Crippen LogP contribution in [0.1, 0.15) is 115 Å². The molecule has 0 aliphatic carbocycles. The van der Waals surface area contributed by atoms with Crippen LogP contribution in [0.3, 0.4) is 0 Å². The number of phosphoric acid groups is 1. The zero-order chi connectivity index (χ0) is 30.1. The van der Waals surface area contributed by atoms with Crippen LogP contribution in [0.25, 0.3) is 0 Å². The summed E-state index contributed by atoms with van der Waals surface area (Å²) in [4.78, 5) is 10.1. The van der Waals surface area contributed by atoms with Gasteiger partial charge in [0.2, 0.25) is 0 Å². The highest BCUT2D eigenvalue weighted by molar-refractivity contribution is 7.47. The van der Waals surface area contributed by atoms with E-state index in [1.807, 2.05) is 51.5 Å². The number of likely N-dealkylation sites (N-methyl/N-ethyl adjacent to an activating group) is 1. The zero-order valence-corrected chi connectivity index (χ0v) is 27.8. The van der Waals surface area contributed by atoms with Crippen molar-refractivity contribution in [2.75, 3.05) is 54.1 Å². The Balaban J connectivity index is 2.13. The van der Waals surface area contributed by atoms with Crippen molar-refractivity contribution in [3.8, 4) is 0 Å². The first-order valence-electron chi connectivity index (χ1n) is 16.4. The van der Waals surface area contributed by atoms with Gasteiger partial charge < -0.3 is 18.9 Å². The van der Waals surface area contributed by atoms with Gasteiger partial charge in [-0.3, -0.25) is 9.05 Å². The molecule has 1 unspecified atom stereocenters. The SMILES string of the molecule is CCCCCCCCCCCCCCCCCCOC[C@H](COP(=O)(O)OCC[N+](C)(C)C)OCc1ccccc1. The Bertz CT molecular complexity index is 758. The highest BCUT2D eigenvalue weighted by Crippen LogP contribution is 2.43. The van der Waals surface area contributed by atoms with E-state index in [0.717, 1.165) is 18.4 Å². The van der Waals surface area contributed by atoms with E-state index in [9.17, 15) is 9.46 Å². The highest BCUT2D eigenvalue weighted by atomic mass is 31.2. The molecular weight excluding hydrogens is 537 g/mol. The summed E-state index contributed by atoms with van der Waals surface area (Å²) in [5.74, 6) is 0. The molecule has 0 spiro atoms. The normalized spacial score (nSPS) is 14.3. The van der Waals surface area contributed by atoms with Gasteiger partial charge in [0.1, 0.15) is 19.3 Å². The Labute approximate surface area is 252 Å². The zero-order valence-electron chi connectivity index (χ0n) is 26.9. The molecule has 41 heavy (non-hydrogen) atoms. The molecule has 1 N–H and O–H groups in total. The van der Waals surface area contributed by atoms with Gasteiger partial charge in [-0.1, -0.05) is 134 Å². The van der Waals surface area contributed by atoms with Crippen LogP contribution in [0.5, 0.6) is 0 Å². The van der Waals surface area contributed by atoms with E-state index >= 15 is 0 Å². The fraction of sp³-hybridized carbons (Fsp3) is 0.818. The molecular formula is C33H63NO6P+. The molecule has 0 aromatic heterocycles. The molecule has 240 valence electrons. The van der Waals surface area contributed by atoms with Crippen molar-refractivity contribution in [1.29, 1.82) is 0 Å². The summed E-state index contributed by atoms with van der Waals surface area (Å²) in [7, 11) is 1.84. The average molecular weight is 601 g/mol. The molecule has 7 nitrogen and oxygen atoms in total. The van der Waals surface area contributed by atoms with Gasteiger partial charge in [0.15, 0.2) is 0 Å². The van der Waals surface area contributed by atoms with E-state index in [-0.39, 0.29) is 13.2 Å². The van der Waals surface area contributed by atoms with Crippen LogP contribution in [0.4, 0.5) is 0 Å². The molecule has 0 saturated carbocycles. The molecule has 1 rings (SSSR count). The van der Waals surface area contributed by atoms with E-state index < -0.39 is 13.9 Å². The molecule has 0 amide bonds. The monoisotopic (exact) mass is 600 g/mol. The van der Waals surface area contributed by atoms with Crippen LogP contribution >= 0.6 is 7.82 Å². The van der Waals surface area contributed by atoms with Gasteiger partial charge in [-0.25, -0.2) is 4.57 Å². The first-order chi connectivity index (χ1) is 19.7. The quantitative estimate of drug-likeness (QED) is 0.0563. The Morgan fingerprint density at radius 3 is 1.73 bits per heavy atom. The Morgan fingerprint density at radius 2 is 1.22 bits per heavy atom. The van der Waals surface area contributed by atoms with E-state index in [1.165, 1.54) is 89.9 Å². The number of unbranched alkanes of at least 4 members (excludes halogenated alkanes) is 15. The van der Waals surface area contributed by atoms with Gasteiger partial charge in [0, 0.05) is 6.61 Å². The van der Waals surface area contributed by atoms with Crippen molar-refractivity contribution in [3.63, 3.8) is 0 Å². The first kappa shape index (κ1) is 38.2. The molecule has 8 heteroatoms. The predicted molar refractivity (Wildman–Crippen MR) is 170 cm³/mol. The smallest absolute Gasteiger partial charge is 0.379 e. The van der Waals surface area contributed by atoms with Gasteiger partial charge in [0.05, 0.1) is 41.0 Å². The van der Waals surface area contributed by atoms with E-state index in [2.05, 4.69) is 6.92 Å². The molecule has 0 aliphatic rings. The highest BCUT2D eigenvalue weighted by Gasteiger charge is 2.25. The van der Waals surface area contributed by atoms with Crippen LogP contribution in [0, 0.1) is 0 Å². The lowest BCUT2D eigenvalue weighted by Crippen LogP contribution is -2.37. The Kier molecular flexibility index (Phi) is 23.0. The molecule has 0 fully saturated rings. The van der Waals surface area contributed by atoms with Gasteiger partial charge in [0.25, 0.3) is 0 Å². The van der Waals surface area contributed by atoms with Gasteiger partial charge >= 0.3 is 7.82 Å². The molecule has 0 saturated heterocycles. The van der Waals surface area contributed by atoms with Crippen molar-refractivity contribution in [2.45, 2.75) is 122 Å². The predicted octanol–water partition coefficient (Wildman–Crippen LogP) is 8.69. The van der Waals surface area contributed by atoms with Gasteiger partial charge in [-0.05, 0) is 12.0 Å². The third-order valence-electron chi connectivity index (χ3n) is 7.21. The minimum Gasteiger partial charge on any atom is -0.379 e. The molecule has 2 atom stereocenters. The molecule has 1 aromatic carbocycles. The Hall–Kier alpha value is -0.790. The number of hydrogen-bond acceptors (Lipinski definition) is 5. The van der Waals surface area contributed by atoms with Gasteiger partial charge in [-0.2, -0.15) is 0 Å². The summed E-state index contributed by atoms with van der Waals surface area (Å²) >= 11 is 0. The number of quaternary nitrogens is 1. The number of hydrogen-bond donors (Lipinski definition) is 1. The van der Waals surface area contributed by atoms with Crippen molar-refractivity contribution in [2.24, 2.45) is 0 Å². The summed E-state index contributed by atoms with van der Waals surface area (Å²) in [6, 6.07) is 9.85. The van der Waals surface area contributed by atoms with Crippen LogP contribution < -0.4 is 0 Å². The second kappa shape index (κ2) is 24.6. The van der Waals surface area contributed by atoms with Crippen LogP contribution in [-0.4, -0.2) is 69.6 Å². The molecule has 0 aliphatic heterocycles. The lowest BCUT2D eigenvalue weighted by atomic mass is 10.0. The first-order valence-corrected chi connectivity index (χ1v) is 17.9. The topological polar surface area (TPSA) is 74.2 Å².